The van der Waals surface area contributed by atoms with Crippen molar-refractivity contribution in [2.45, 2.75) is 230 Å². The van der Waals surface area contributed by atoms with Crippen LogP contribution in [0.5, 0.6) is 0 Å². The second-order valence-corrected chi connectivity index (χ2v) is 15.3. The van der Waals surface area contributed by atoms with E-state index in [1.165, 1.54) is 109 Å². The Bertz CT molecular complexity index is 910. The van der Waals surface area contributed by atoms with E-state index in [0.29, 0.717) is 13.0 Å². The minimum atomic E-state index is -1.52. The molecule has 306 valence electrons. The summed E-state index contributed by atoms with van der Waals surface area (Å²) >= 11 is 0. The lowest BCUT2D eigenvalue weighted by Crippen LogP contribution is -2.69. The molecule has 0 saturated carbocycles. The maximum atomic E-state index is 13.8. The topological polar surface area (TPSA) is 188 Å². The van der Waals surface area contributed by atoms with Crippen LogP contribution in [0.1, 0.15) is 194 Å². The smallest absolute Gasteiger partial charge is 0.237 e. The zero-order chi connectivity index (χ0) is 38.4. The van der Waals surface area contributed by atoms with Crippen LogP contribution in [0.2, 0.25) is 0 Å². The molecule has 0 radical (unpaired) electrons. The number of aliphatic hydroxyl groups is 3. The van der Waals surface area contributed by atoms with Crippen molar-refractivity contribution >= 4 is 17.7 Å². The monoisotopic (exact) mass is 741 g/mol. The van der Waals surface area contributed by atoms with Gasteiger partial charge in [-0.2, -0.15) is 0 Å². The number of carbonyl (C=O) groups excluding carboxylic acids is 3. The number of nitrogens with two attached hydrogens (primary N) is 2. The molecular weight excluding hydrogens is 660 g/mol. The maximum absolute atomic E-state index is 13.8. The lowest BCUT2D eigenvalue weighted by molar-refractivity contribution is -0.231. The Morgan fingerprint density at radius 1 is 0.654 bits per heavy atom. The van der Waals surface area contributed by atoms with Gasteiger partial charge in [-0.3, -0.25) is 14.4 Å². The summed E-state index contributed by atoms with van der Waals surface area (Å²) in [5.74, 6) is -1.39. The van der Waals surface area contributed by atoms with Crippen LogP contribution in [0.25, 0.3) is 0 Å². The zero-order valence-corrected chi connectivity index (χ0v) is 33.3. The molecule has 3 amide bonds. The van der Waals surface area contributed by atoms with Crippen LogP contribution in [-0.2, 0) is 19.1 Å². The fraction of sp³-hybridized carbons (Fsp3) is 0.927. The third-order valence-corrected chi connectivity index (χ3v) is 10.6. The first-order valence-electron chi connectivity index (χ1n) is 21.4. The molecule has 0 aliphatic carbocycles. The van der Waals surface area contributed by atoms with E-state index in [-0.39, 0.29) is 18.7 Å². The lowest BCUT2D eigenvalue weighted by Gasteiger charge is -2.47. The summed E-state index contributed by atoms with van der Waals surface area (Å²) in [6.45, 7) is 4.27. The number of nitrogens with one attached hydrogen (secondary N) is 1. The van der Waals surface area contributed by atoms with Gasteiger partial charge >= 0.3 is 0 Å². The molecule has 1 aliphatic rings. The van der Waals surface area contributed by atoms with Gasteiger partial charge in [-0.05, 0) is 19.3 Å². The molecule has 0 spiro atoms. The Labute approximate surface area is 316 Å². The molecule has 1 aliphatic heterocycles. The number of rotatable bonds is 34. The van der Waals surface area contributed by atoms with Crippen molar-refractivity contribution in [2.75, 3.05) is 13.2 Å². The van der Waals surface area contributed by atoms with E-state index in [1.807, 2.05) is 0 Å². The number of primary amides is 1. The van der Waals surface area contributed by atoms with Crippen molar-refractivity contribution in [3.8, 4) is 0 Å². The molecule has 0 unspecified atom stereocenters. The molecule has 52 heavy (non-hydrogen) atoms. The van der Waals surface area contributed by atoms with E-state index < -0.39 is 55.0 Å². The summed E-state index contributed by atoms with van der Waals surface area (Å²) in [5.41, 5.74) is 11.2. The first kappa shape index (κ1) is 48.2. The SMILES string of the molecule is CCCCCCCCCCCCCCCCCCN(C(=O)CCCCCCCCCCC)[C@@H]1O[C@H](CO)[C@@H](O)[C@H](O)[C@H]1NC(=O)[C@@H](N)CCC(N)=O. The Morgan fingerprint density at radius 2 is 1.08 bits per heavy atom. The van der Waals surface area contributed by atoms with Crippen molar-refractivity contribution in [2.24, 2.45) is 11.5 Å². The molecular formula is C41H80N4O7. The molecule has 0 aromatic heterocycles. The number of ether oxygens (including phenoxy) is 1. The number of nitrogens with zero attached hydrogens (tertiary/aromatic N) is 1. The normalized spacial score (nSPS) is 20.8. The number of aliphatic hydroxyl groups excluding tert-OH is 3. The average Bonchev–Trinajstić information content (AvgIpc) is 3.13. The molecule has 11 nitrogen and oxygen atoms in total. The Kier molecular flexibility index (Phi) is 29.3. The molecule has 0 aromatic rings. The van der Waals surface area contributed by atoms with Gasteiger partial charge in [-0.25, -0.2) is 0 Å². The summed E-state index contributed by atoms with van der Waals surface area (Å²) in [6, 6.07) is -2.27. The fourth-order valence-corrected chi connectivity index (χ4v) is 7.18. The van der Waals surface area contributed by atoms with Crippen LogP contribution in [0, 0.1) is 0 Å². The molecule has 0 bridgehead atoms. The summed E-state index contributed by atoms with van der Waals surface area (Å²) < 4.78 is 6.08. The van der Waals surface area contributed by atoms with Gasteiger partial charge in [0.1, 0.15) is 24.4 Å². The van der Waals surface area contributed by atoms with E-state index >= 15 is 0 Å². The van der Waals surface area contributed by atoms with Gasteiger partial charge in [0.25, 0.3) is 0 Å². The van der Waals surface area contributed by atoms with Gasteiger partial charge in [0, 0.05) is 19.4 Å². The Morgan fingerprint density at radius 3 is 1.50 bits per heavy atom. The highest BCUT2D eigenvalue weighted by Gasteiger charge is 2.48. The highest BCUT2D eigenvalue weighted by Crippen LogP contribution is 2.26. The summed E-state index contributed by atoms with van der Waals surface area (Å²) in [5, 5.41) is 34.5. The van der Waals surface area contributed by atoms with Gasteiger partial charge in [-0.1, -0.05) is 162 Å². The van der Waals surface area contributed by atoms with Crippen molar-refractivity contribution in [3.63, 3.8) is 0 Å². The summed E-state index contributed by atoms with van der Waals surface area (Å²) in [6.07, 6.45) is 24.9. The molecule has 1 heterocycles. The van der Waals surface area contributed by atoms with E-state index in [4.69, 9.17) is 16.2 Å². The number of hydrogen-bond acceptors (Lipinski definition) is 8. The zero-order valence-electron chi connectivity index (χ0n) is 33.3. The second kappa shape index (κ2) is 31.5. The summed E-state index contributed by atoms with van der Waals surface area (Å²) in [7, 11) is 0. The van der Waals surface area contributed by atoms with Crippen LogP contribution in [0.15, 0.2) is 0 Å². The largest absolute Gasteiger partial charge is 0.394 e. The molecule has 1 rings (SSSR count). The van der Waals surface area contributed by atoms with Crippen LogP contribution in [0.3, 0.4) is 0 Å². The molecule has 8 N–H and O–H groups in total. The lowest BCUT2D eigenvalue weighted by atomic mass is 9.94. The van der Waals surface area contributed by atoms with Crippen LogP contribution < -0.4 is 16.8 Å². The Hall–Kier alpha value is -1.79. The van der Waals surface area contributed by atoms with Crippen molar-refractivity contribution < 1.29 is 34.4 Å². The van der Waals surface area contributed by atoms with Gasteiger partial charge in [0.05, 0.1) is 12.6 Å². The molecule has 1 fully saturated rings. The third-order valence-electron chi connectivity index (χ3n) is 10.6. The van der Waals surface area contributed by atoms with Crippen LogP contribution in [-0.4, -0.2) is 87.7 Å². The molecule has 11 heteroatoms. The first-order chi connectivity index (χ1) is 25.2. The Balaban J connectivity index is 2.74. The van der Waals surface area contributed by atoms with Gasteiger partial charge in [-0.15, -0.1) is 0 Å². The quantitative estimate of drug-likeness (QED) is 0.0403. The summed E-state index contributed by atoms with van der Waals surface area (Å²) in [4.78, 5) is 39.7. The van der Waals surface area contributed by atoms with E-state index in [1.54, 1.807) is 4.90 Å². The molecule has 1 saturated heterocycles. The minimum Gasteiger partial charge on any atom is -0.394 e. The van der Waals surface area contributed by atoms with Gasteiger partial charge in [0.15, 0.2) is 6.23 Å². The van der Waals surface area contributed by atoms with Gasteiger partial charge in [0.2, 0.25) is 17.7 Å². The average molecular weight is 741 g/mol. The van der Waals surface area contributed by atoms with E-state index in [9.17, 15) is 29.7 Å². The standard InChI is InChI=1S/C41H80N4O7/c1-3-5-7-9-11-13-14-15-16-17-18-19-21-23-25-27-31-45(36(48)28-26-24-22-20-12-10-8-6-4-2)41-37(39(50)38(49)34(32-46)52-41)44-40(51)33(42)29-30-35(43)47/h33-34,37-39,41,46,49-50H,3-32,42H2,1-2H3,(H2,43,47)(H,44,51)/t33-,34+,37+,38+,39+,41+/m0/s1. The first-order valence-corrected chi connectivity index (χ1v) is 21.4. The number of hydrogen-bond donors (Lipinski definition) is 6. The molecule has 6 atom stereocenters. The minimum absolute atomic E-state index is 0.0117. The van der Waals surface area contributed by atoms with Crippen LogP contribution >= 0.6 is 0 Å². The van der Waals surface area contributed by atoms with E-state index in [0.717, 1.165) is 51.4 Å². The van der Waals surface area contributed by atoms with Crippen molar-refractivity contribution in [1.29, 1.82) is 0 Å². The predicted molar refractivity (Wildman–Crippen MR) is 209 cm³/mol. The van der Waals surface area contributed by atoms with Crippen molar-refractivity contribution in [1.82, 2.24) is 10.2 Å². The predicted octanol–water partition coefficient (Wildman–Crippen LogP) is 6.51. The molecule has 0 aromatic carbocycles. The number of amides is 3. The highest BCUT2D eigenvalue weighted by molar-refractivity contribution is 5.83. The fourth-order valence-electron chi connectivity index (χ4n) is 7.18. The maximum Gasteiger partial charge on any atom is 0.237 e. The third kappa shape index (κ3) is 21.8. The van der Waals surface area contributed by atoms with E-state index in [2.05, 4.69) is 19.2 Å². The van der Waals surface area contributed by atoms with Crippen molar-refractivity contribution in [3.05, 3.63) is 0 Å². The second-order valence-electron chi connectivity index (χ2n) is 15.3. The highest BCUT2D eigenvalue weighted by atomic mass is 16.5. The number of unbranched alkanes of at least 4 members (excludes halogenated alkanes) is 23. The van der Waals surface area contributed by atoms with Crippen LogP contribution in [0.4, 0.5) is 0 Å². The van der Waals surface area contributed by atoms with Gasteiger partial charge < -0.3 is 41.7 Å². The number of carbonyl (C=O) groups is 3.